The van der Waals surface area contributed by atoms with Gasteiger partial charge in [0, 0.05) is 24.9 Å². The van der Waals surface area contributed by atoms with E-state index in [1.165, 1.54) is 24.3 Å². The van der Waals surface area contributed by atoms with Crippen molar-refractivity contribution < 1.29 is 27.7 Å². The van der Waals surface area contributed by atoms with Crippen LogP contribution in [0.2, 0.25) is 0 Å². The standard InChI is InChI=1S/C14H16N2O7S/c1-24(21,22)13-6-12(8-17)15(7-13)14(18)23-9-10-2-4-11(5-3-10)16(19)20/h2-5,8,12-13H,6-7,9H2,1H3/t12-,13+/m0/s1. The highest BCUT2D eigenvalue weighted by molar-refractivity contribution is 7.91. The summed E-state index contributed by atoms with van der Waals surface area (Å²) in [6, 6.07) is 4.63. The lowest BCUT2D eigenvalue weighted by atomic mass is 10.2. The second-order valence-corrected chi connectivity index (χ2v) is 7.85. The van der Waals surface area contributed by atoms with Gasteiger partial charge in [-0.2, -0.15) is 0 Å². The molecule has 1 aliphatic heterocycles. The number of ether oxygens (including phenoxy) is 1. The summed E-state index contributed by atoms with van der Waals surface area (Å²) in [6.07, 6.45) is 0.843. The molecule has 1 heterocycles. The van der Waals surface area contributed by atoms with Crippen LogP contribution in [0, 0.1) is 10.1 Å². The predicted molar refractivity (Wildman–Crippen MR) is 83.1 cm³/mol. The van der Waals surface area contributed by atoms with E-state index in [0.29, 0.717) is 11.8 Å². The molecule has 1 aromatic rings. The zero-order chi connectivity index (χ0) is 17.9. The van der Waals surface area contributed by atoms with Crippen molar-refractivity contribution in [3.8, 4) is 0 Å². The first kappa shape index (κ1) is 17.9. The van der Waals surface area contributed by atoms with E-state index in [0.717, 1.165) is 11.2 Å². The normalized spacial score (nSPS) is 20.6. The zero-order valence-corrected chi connectivity index (χ0v) is 13.6. The van der Waals surface area contributed by atoms with Crippen molar-refractivity contribution in [3.63, 3.8) is 0 Å². The monoisotopic (exact) mass is 356 g/mol. The van der Waals surface area contributed by atoms with E-state index in [4.69, 9.17) is 4.74 Å². The minimum Gasteiger partial charge on any atom is -0.445 e. The first-order valence-corrected chi connectivity index (χ1v) is 8.98. The van der Waals surface area contributed by atoms with Crippen LogP contribution in [0.15, 0.2) is 24.3 Å². The van der Waals surface area contributed by atoms with E-state index >= 15 is 0 Å². The van der Waals surface area contributed by atoms with Crippen LogP contribution in [0.3, 0.4) is 0 Å². The number of nitrogens with zero attached hydrogens (tertiary/aromatic N) is 2. The molecule has 0 spiro atoms. The number of hydrogen-bond acceptors (Lipinski definition) is 7. The van der Waals surface area contributed by atoms with Gasteiger partial charge in [-0.25, -0.2) is 13.2 Å². The molecule has 0 saturated carbocycles. The van der Waals surface area contributed by atoms with Gasteiger partial charge in [-0.1, -0.05) is 0 Å². The van der Waals surface area contributed by atoms with Crippen molar-refractivity contribution in [3.05, 3.63) is 39.9 Å². The number of nitro benzene ring substituents is 1. The minimum atomic E-state index is -3.36. The Labute approximate surface area is 138 Å². The molecule has 0 aliphatic carbocycles. The summed E-state index contributed by atoms with van der Waals surface area (Å²) in [5, 5.41) is 9.77. The molecule has 0 aromatic heterocycles. The SMILES string of the molecule is CS(=O)(=O)[C@@H]1C[C@@H](C=O)N(C(=O)OCc2ccc([N+](=O)[O-])cc2)C1. The average molecular weight is 356 g/mol. The van der Waals surface area contributed by atoms with Crippen molar-refractivity contribution in [2.24, 2.45) is 0 Å². The Bertz CT molecular complexity index is 745. The molecule has 130 valence electrons. The Morgan fingerprint density at radius 3 is 2.54 bits per heavy atom. The number of carbonyl (C=O) groups is 2. The molecule has 2 rings (SSSR count). The third kappa shape index (κ3) is 4.07. The van der Waals surface area contributed by atoms with E-state index in [-0.39, 0.29) is 25.3 Å². The molecule has 1 aromatic carbocycles. The number of benzene rings is 1. The summed E-state index contributed by atoms with van der Waals surface area (Å²) in [6.45, 7) is -0.232. The van der Waals surface area contributed by atoms with Gasteiger partial charge in [0.05, 0.1) is 16.2 Å². The molecular weight excluding hydrogens is 340 g/mol. The molecule has 1 amide bonds. The number of nitro groups is 1. The van der Waals surface area contributed by atoms with Gasteiger partial charge in [0.2, 0.25) is 0 Å². The lowest BCUT2D eigenvalue weighted by molar-refractivity contribution is -0.384. The number of aldehydes is 1. The predicted octanol–water partition coefficient (Wildman–Crippen LogP) is 0.918. The summed E-state index contributed by atoms with van der Waals surface area (Å²) < 4.78 is 28.2. The topological polar surface area (TPSA) is 124 Å². The Morgan fingerprint density at radius 1 is 1.42 bits per heavy atom. The first-order chi connectivity index (χ1) is 11.2. The van der Waals surface area contributed by atoms with E-state index in [1.807, 2.05) is 0 Å². The zero-order valence-electron chi connectivity index (χ0n) is 12.8. The van der Waals surface area contributed by atoms with E-state index in [2.05, 4.69) is 0 Å². The van der Waals surface area contributed by atoms with Gasteiger partial charge in [0.15, 0.2) is 9.84 Å². The van der Waals surface area contributed by atoms with Gasteiger partial charge >= 0.3 is 6.09 Å². The quantitative estimate of drug-likeness (QED) is 0.436. The van der Waals surface area contributed by atoms with Crippen molar-refractivity contribution in [2.45, 2.75) is 24.3 Å². The maximum absolute atomic E-state index is 12.1. The summed E-state index contributed by atoms with van der Waals surface area (Å²) in [7, 11) is -3.36. The smallest absolute Gasteiger partial charge is 0.410 e. The lowest BCUT2D eigenvalue weighted by Gasteiger charge is -2.19. The largest absolute Gasteiger partial charge is 0.445 e. The molecule has 9 nitrogen and oxygen atoms in total. The highest BCUT2D eigenvalue weighted by Crippen LogP contribution is 2.23. The highest BCUT2D eigenvalue weighted by atomic mass is 32.2. The summed E-state index contributed by atoms with van der Waals surface area (Å²) in [5.41, 5.74) is 0.456. The van der Waals surface area contributed by atoms with E-state index in [9.17, 15) is 28.1 Å². The molecule has 24 heavy (non-hydrogen) atoms. The van der Waals surface area contributed by atoms with Crippen LogP contribution in [-0.2, 0) is 26.0 Å². The van der Waals surface area contributed by atoms with Gasteiger partial charge < -0.3 is 9.53 Å². The Balaban J connectivity index is 1.98. The Hall–Kier alpha value is -2.49. The van der Waals surface area contributed by atoms with Crippen molar-refractivity contribution in [1.82, 2.24) is 4.90 Å². The van der Waals surface area contributed by atoms with Crippen LogP contribution in [0.25, 0.3) is 0 Å². The third-order valence-corrected chi connectivity index (χ3v) is 5.36. The number of rotatable bonds is 5. The number of carbonyl (C=O) groups excluding carboxylic acids is 2. The Morgan fingerprint density at radius 2 is 2.04 bits per heavy atom. The lowest BCUT2D eigenvalue weighted by Crippen LogP contribution is -2.37. The van der Waals surface area contributed by atoms with Crippen LogP contribution < -0.4 is 0 Å². The van der Waals surface area contributed by atoms with Crippen LogP contribution in [-0.4, -0.2) is 54.7 Å². The molecular formula is C14H16N2O7S. The maximum Gasteiger partial charge on any atom is 0.410 e. The molecule has 0 unspecified atom stereocenters. The molecule has 1 saturated heterocycles. The second-order valence-electron chi connectivity index (χ2n) is 5.52. The van der Waals surface area contributed by atoms with Crippen molar-refractivity contribution in [2.75, 3.05) is 12.8 Å². The Kier molecular flexibility index (Phi) is 5.17. The maximum atomic E-state index is 12.1. The van der Waals surface area contributed by atoms with Crippen LogP contribution in [0.5, 0.6) is 0 Å². The fraction of sp³-hybridized carbons (Fsp3) is 0.429. The summed E-state index contributed by atoms with van der Waals surface area (Å²) >= 11 is 0. The van der Waals surface area contributed by atoms with Gasteiger partial charge in [0.25, 0.3) is 5.69 Å². The first-order valence-electron chi connectivity index (χ1n) is 7.03. The molecule has 1 aliphatic rings. The number of non-ortho nitro benzene ring substituents is 1. The van der Waals surface area contributed by atoms with Crippen LogP contribution in [0.4, 0.5) is 10.5 Å². The van der Waals surface area contributed by atoms with Crippen molar-refractivity contribution in [1.29, 1.82) is 0 Å². The molecule has 0 bridgehead atoms. The summed E-state index contributed by atoms with van der Waals surface area (Å²) in [4.78, 5) is 34.2. The molecule has 10 heteroatoms. The number of sulfone groups is 1. The number of amides is 1. The second kappa shape index (κ2) is 6.95. The fourth-order valence-electron chi connectivity index (χ4n) is 2.42. The van der Waals surface area contributed by atoms with Gasteiger partial charge in [0.1, 0.15) is 12.9 Å². The van der Waals surface area contributed by atoms with Crippen molar-refractivity contribution >= 4 is 27.9 Å². The van der Waals surface area contributed by atoms with E-state index < -0.39 is 32.1 Å². The summed E-state index contributed by atoms with van der Waals surface area (Å²) in [5.74, 6) is 0. The minimum absolute atomic E-state index is 0.0506. The van der Waals surface area contributed by atoms with E-state index in [1.54, 1.807) is 0 Å². The molecule has 0 N–H and O–H groups in total. The number of likely N-dealkylation sites (tertiary alicyclic amines) is 1. The third-order valence-electron chi connectivity index (χ3n) is 3.81. The fourth-order valence-corrected chi connectivity index (χ4v) is 3.40. The van der Waals surface area contributed by atoms with Crippen LogP contribution >= 0.6 is 0 Å². The molecule has 0 radical (unpaired) electrons. The number of hydrogen-bond donors (Lipinski definition) is 0. The highest BCUT2D eigenvalue weighted by Gasteiger charge is 2.40. The van der Waals surface area contributed by atoms with Gasteiger partial charge in [-0.15, -0.1) is 0 Å². The molecule has 2 atom stereocenters. The average Bonchev–Trinajstić information content (AvgIpc) is 2.97. The van der Waals surface area contributed by atoms with Crippen LogP contribution in [0.1, 0.15) is 12.0 Å². The molecule has 1 fully saturated rings. The van der Waals surface area contributed by atoms with Gasteiger partial charge in [-0.3, -0.25) is 15.0 Å². The van der Waals surface area contributed by atoms with Gasteiger partial charge in [-0.05, 0) is 24.1 Å².